The summed E-state index contributed by atoms with van der Waals surface area (Å²) in [5.41, 5.74) is 1.04. The minimum atomic E-state index is -0.396. The molecule has 0 radical (unpaired) electrons. The molecule has 2 rings (SSSR count). The van der Waals surface area contributed by atoms with Crippen molar-refractivity contribution in [2.45, 2.75) is 6.92 Å². The van der Waals surface area contributed by atoms with Crippen LogP contribution in [0.1, 0.15) is 5.56 Å². The number of halogens is 2. The predicted molar refractivity (Wildman–Crippen MR) is 58.0 cm³/mol. The van der Waals surface area contributed by atoms with Crippen molar-refractivity contribution < 1.29 is 9.13 Å². The number of methoxy groups -OCH3 is 1. The van der Waals surface area contributed by atoms with Gasteiger partial charge in [-0.3, -0.25) is 4.98 Å². The van der Waals surface area contributed by atoms with Gasteiger partial charge in [-0.05, 0) is 24.6 Å². The Bertz CT molecular complexity index is 527. The first-order chi connectivity index (χ1) is 7.15. The number of hydrogen-bond donors (Lipinski definition) is 0. The Morgan fingerprint density at radius 1 is 1.40 bits per heavy atom. The second kappa shape index (κ2) is 3.66. The van der Waals surface area contributed by atoms with Crippen LogP contribution in [-0.4, -0.2) is 12.1 Å². The number of aromatic nitrogens is 1. The highest BCUT2D eigenvalue weighted by Crippen LogP contribution is 2.34. The molecule has 0 aliphatic carbocycles. The third-order valence-corrected chi connectivity index (χ3v) is 2.75. The lowest BCUT2D eigenvalue weighted by Crippen LogP contribution is -1.92. The van der Waals surface area contributed by atoms with E-state index in [2.05, 4.69) is 4.98 Å². The summed E-state index contributed by atoms with van der Waals surface area (Å²) >= 11 is 6.10. The van der Waals surface area contributed by atoms with Crippen molar-refractivity contribution in [1.29, 1.82) is 0 Å². The molecule has 0 N–H and O–H groups in total. The zero-order chi connectivity index (χ0) is 11.0. The van der Waals surface area contributed by atoms with E-state index in [1.165, 1.54) is 13.2 Å². The summed E-state index contributed by atoms with van der Waals surface area (Å²) in [5, 5.41) is 1.01. The molecule has 2 nitrogen and oxygen atoms in total. The van der Waals surface area contributed by atoms with E-state index in [9.17, 15) is 4.39 Å². The van der Waals surface area contributed by atoms with Crippen molar-refractivity contribution in [3.8, 4) is 5.75 Å². The van der Waals surface area contributed by atoms with Gasteiger partial charge in [0.05, 0.1) is 17.5 Å². The van der Waals surface area contributed by atoms with Gasteiger partial charge in [-0.2, -0.15) is 0 Å². The fraction of sp³-hybridized carbons (Fsp3) is 0.182. The Labute approximate surface area is 91.6 Å². The highest BCUT2D eigenvalue weighted by atomic mass is 35.5. The first kappa shape index (κ1) is 10.2. The SMILES string of the molecule is COc1ccc(F)c2ncc(C)c(Cl)c12. The van der Waals surface area contributed by atoms with Crippen LogP contribution in [-0.2, 0) is 0 Å². The van der Waals surface area contributed by atoms with E-state index >= 15 is 0 Å². The molecule has 4 heteroatoms. The molecule has 1 heterocycles. The highest BCUT2D eigenvalue weighted by Gasteiger charge is 2.12. The molecule has 0 saturated carbocycles. The topological polar surface area (TPSA) is 22.1 Å². The van der Waals surface area contributed by atoms with Crippen LogP contribution in [0.5, 0.6) is 5.75 Å². The fourth-order valence-corrected chi connectivity index (χ4v) is 1.70. The molecule has 1 aromatic heterocycles. The number of ether oxygens (including phenoxy) is 1. The second-order valence-corrected chi connectivity index (χ2v) is 3.61. The van der Waals surface area contributed by atoms with E-state index in [-0.39, 0.29) is 5.52 Å². The molecule has 2 aromatic rings. The lowest BCUT2D eigenvalue weighted by atomic mass is 10.1. The van der Waals surface area contributed by atoms with Gasteiger partial charge in [0, 0.05) is 6.20 Å². The van der Waals surface area contributed by atoms with Crippen LogP contribution < -0.4 is 4.74 Å². The Balaban J connectivity index is 2.95. The van der Waals surface area contributed by atoms with Crippen molar-refractivity contribution in [3.63, 3.8) is 0 Å². The Hall–Kier alpha value is -1.35. The third-order valence-electron chi connectivity index (χ3n) is 2.26. The van der Waals surface area contributed by atoms with Gasteiger partial charge in [0.1, 0.15) is 17.1 Å². The monoisotopic (exact) mass is 225 g/mol. The van der Waals surface area contributed by atoms with Gasteiger partial charge in [0.2, 0.25) is 0 Å². The van der Waals surface area contributed by atoms with Gasteiger partial charge in [0.25, 0.3) is 0 Å². The van der Waals surface area contributed by atoms with Gasteiger partial charge in [0.15, 0.2) is 0 Å². The molecule has 15 heavy (non-hydrogen) atoms. The van der Waals surface area contributed by atoms with Crippen LogP contribution in [0.15, 0.2) is 18.3 Å². The summed E-state index contributed by atoms with van der Waals surface area (Å²) in [6.45, 7) is 1.82. The standard InChI is InChI=1S/C11H9ClFNO/c1-6-5-14-11-7(13)3-4-8(15-2)9(11)10(6)12/h3-5H,1-2H3. The van der Waals surface area contributed by atoms with Crippen LogP contribution in [0.25, 0.3) is 10.9 Å². The molecule has 0 aliphatic rings. The fourth-order valence-electron chi connectivity index (χ4n) is 1.47. The highest BCUT2D eigenvalue weighted by molar-refractivity contribution is 6.36. The molecule has 0 spiro atoms. The number of nitrogens with zero attached hydrogens (tertiary/aromatic N) is 1. The number of hydrogen-bond acceptors (Lipinski definition) is 2. The largest absolute Gasteiger partial charge is 0.496 e. The van der Waals surface area contributed by atoms with E-state index in [1.807, 2.05) is 6.92 Å². The number of pyridine rings is 1. The number of rotatable bonds is 1. The molecule has 0 unspecified atom stereocenters. The molecule has 0 amide bonds. The van der Waals surface area contributed by atoms with Crippen LogP contribution in [0.3, 0.4) is 0 Å². The second-order valence-electron chi connectivity index (χ2n) is 3.23. The van der Waals surface area contributed by atoms with E-state index in [0.29, 0.717) is 16.2 Å². The van der Waals surface area contributed by atoms with Gasteiger partial charge in [-0.15, -0.1) is 0 Å². The molecule has 78 valence electrons. The lowest BCUT2D eigenvalue weighted by molar-refractivity contribution is 0.419. The zero-order valence-corrected chi connectivity index (χ0v) is 9.10. The van der Waals surface area contributed by atoms with Gasteiger partial charge >= 0.3 is 0 Å². The van der Waals surface area contributed by atoms with Crippen molar-refractivity contribution >= 4 is 22.5 Å². The summed E-state index contributed by atoms with van der Waals surface area (Å²) < 4.78 is 18.6. The lowest BCUT2D eigenvalue weighted by Gasteiger charge is -2.08. The first-order valence-electron chi connectivity index (χ1n) is 4.42. The Kier molecular flexibility index (Phi) is 2.49. The maximum atomic E-state index is 13.4. The van der Waals surface area contributed by atoms with E-state index < -0.39 is 5.82 Å². The maximum Gasteiger partial charge on any atom is 0.149 e. The summed E-state index contributed by atoms with van der Waals surface area (Å²) in [6.07, 6.45) is 1.55. The minimum absolute atomic E-state index is 0.241. The summed E-state index contributed by atoms with van der Waals surface area (Å²) in [6, 6.07) is 2.87. The Morgan fingerprint density at radius 2 is 2.13 bits per heavy atom. The molecule has 0 atom stereocenters. The average Bonchev–Trinajstić information content (AvgIpc) is 2.24. The molecule has 0 fully saturated rings. The van der Waals surface area contributed by atoms with Gasteiger partial charge in [-0.25, -0.2) is 4.39 Å². The van der Waals surface area contributed by atoms with E-state index in [0.717, 1.165) is 5.56 Å². The van der Waals surface area contributed by atoms with Crippen molar-refractivity contribution in [1.82, 2.24) is 4.98 Å². The number of fused-ring (bicyclic) bond motifs is 1. The van der Waals surface area contributed by atoms with Crippen molar-refractivity contribution in [2.24, 2.45) is 0 Å². The van der Waals surface area contributed by atoms with Crippen LogP contribution in [0.4, 0.5) is 4.39 Å². The molecule has 0 bridgehead atoms. The molecular formula is C11H9ClFNO. The van der Waals surface area contributed by atoms with Crippen LogP contribution in [0.2, 0.25) is 5.02 Å². The predicted octanol–water partition coefficient (Wildman–Crippen LogP) is 3.34. The van der Waals surface area contributed by atoms with E-state index in [4.69, 9.17) is 16.3 Å². The average molecular weight is 226 g/mol. The number of aryl methyl sites for hydroxylation is 1. The first-order valence-corrected chi connectivity index (χ1v) is 4.80. The third kappa shape index (κ3) is 1.53. The van der Waals surface area contributed by atoms with Crippen molar-refractivity contribution in [2.75, 3.05) is 7.11 Å². The molecule has 0 saturated heterocycles. The summed E-state index contributed by atoms with van der Waals surface area (Å²) in [7, 11) is 1.52. The summed E-state index contributed by atoms with van der Waals surface area (Å²) in [5.74, 6) is 0.139. The minimum Gasteiger partial charge on any atom is -0.496 e. The summed E-state index contributed by atoms with van der Waals surface area (Å²) in [4.78, 5) is 4.01. The normalized spacial score (nSPS) is 10.7. The van der Waals surface area contributed by atoms with Gasteiger partial charge in [-0.1, -0.05) is 11.6 Å². The maximum absolute atomic E-state index is 13.4. The molecule has 1 aromatic carbocycles. The van der Waals surface area contributed by atoms with Crippen LogP contribution >= 0.6 is 11.6 Å². The van der Waals surface area contributed by atoms with E-state index in [1.54, 1.807) is 12.3 Å². The number of benzene rings is 1. The quantitative estimate of drug-likeness (QED) is 0.743. The van der Waals surface area contributed by atoms with Gasteiger partial charge < -0.3 is 4.74 Å². The Morgan fingerprint density at radius 3 is 2.80 bits per heavy atom. The molecule has 0 aliphatic heterocycles. The van der Waals surface area contributed by atoms with Crippen LogP contribution in [0, 0.1) is 12.7 Å². The smallest absolute Gasteiger partial charge is 0.149 e. The zero-order valence-electron chi connectivity index (χ0n) is 8.34. The molecular weight excluding hydrogens is 217 g/mol. The van der Waals surface area contributed by atoms with Crippen molar-refractivity contribution in [3.05, 3.63) is 34.7 Å².